The molecule has 2 heterocycles. The summed E-state index contributed by atoms with van der Waals surface area (Å²) in [4.78, 5) is 12.8. The fraction of sp³-hybridized carbons (Fsp3) is 0.643. The fourth-order valence-corrected chi connectivity index (χ4v) is 2.79. The molecule has 20 heavy (non-hydrogen) atoms. The molecule has 0 radical (unpaired) electrons. The van der Waals surface area contributed by atoms with Crippen LogP contribution in [-0.2, 0) is 9.53 Å². The van der Waals surface area contributed by atoms with E-state index in [9.17, 15) is 4.79 Å². The number of likely N-dealkylation sites (tertiary alicyclic amines) is 1. The molecule has 1 fully saturated rings. The summed E-state index contributed by atoms with van der Waals surface area (Å²) in [6.45, 7) is 4.33. The monoisotopic (exact) mass is 345 g/mol. The van der Waals surface area contributed by atoms with Gasteiger partial charge in [0.25, 0.3) is 0 Å². The van der Waals surface area contributed by atoms with Crippen LogP contribution >= 0.6 is 15.9 Å². The van der Waals surface area contributed by atoms with Crippen molar-refractivity contribution < 1.29 is 19.1 Å². The fourth-order valence-electron chi connectivity index (χ4n) is 2.48. The van der Waals surface area contributed by atoms with Crippen molar-refractivity contribution in [1.82, 2.24) is 4.90 Å². The maximum atomic E-state index is 10.4. The number of carboxylic acids is 1. The van der Waals surface area contributed by atoms with Gasteiger partial charge in [-0.15, -0.1) is 0 Å². The maximum Gasteiger partial charge on any atom is 0.305 e. The van der Waals surface area contributed by atoms with Gasteiger partial charge < -0.3 is 14.3 Å². The highest BCUT2D eigenvalue weighted by Crippen LogP contribution is 2.27. The lowest BCUT2D eigenvalue weighted by molar-refractivity contribution is -0.138. The first-order valence-corrected chi connectivity index (χ1v) is 7.68. The van der Waals surface area contributed by atoms with Gasteiger partial charge in [-0.1, -0.05) is 0 Å². The minimum Gasteiger partial charge on any atom is -0.481 e. The van der Waals surface area contributed by atoms with Crippen LogP contribution in [0.3, 0.4) is 0 Å². The Labute approximate surface area is 127 Å². The summed E-state index contributed by atoms with van der Waals surface area (Å²) in [5, 5.41) is 8.58. The van der Waals surface area contributed by atoms with Crippen LogP contribution in [0.25, 0.3) is 0 Å². The second-order valence-corrected chi connectivity index (χ2v) is 5.85. The summed E-state index contributed by atoms with van der Waals surface area (Å²) in [7, 11) is 0. The van der Waals surface area contributed by atoms with Crippen molar-refractivity contribution in [3.63, 3.8) is 0 Å². The van der Waals surface area contributed by atoms with Crippen molar-refractivity contribution in [2.75, 3.05) is 19.7 Å². The van der Waals surface area contributed by atoms with Crippen LogP contribution in [0.5, 0.6) is 0 Å². The molecule has 1 aromatic heterocycles. The van der Waals surface area contributed by atoms with E-state index >= 15 is 0 Å². The van der Waals surface area contributed by atoms with E-state index in [-0.39, 0.29) is 18.6 Å². The van der Waals surface area contributed by atoms with Gasteiger partial charge in [0.1, 0.15) is 5.76 Å². The molecule has 1 saturated heterocycles. The van der Waals surface area contributed by atoms with E-state index in [4.69, 9.17) is 14.3 Å². The lowest BCUT2D eigenvalue weighted by atomic mass is 10.0. The predicted octanol–water partition coefficient (Wildman–Crippen LogP) is 3.06. The van der Waals surface area contributed by atoms with Gasteiger partial charge in [0, 0.05) is 13.1 Å². The third-order valence-electron chi connectivity index (χ3n) is 3.70. The van der Waals surface area contributed by atoms with E-state index in [1.807, 2.05) is 12.1 Å². The van der Waals surface area contributed by atoms with E-state index < -0.39 is 5.97 Å². The van der Waals surface area contributed by atoms with Crippen LogP contribution in [0.15, 0.2) is 21.2 Å². The summed E-state index contributed by atoms with van der Waals surface area (Å²) < 4.78 is 11.9. The Morgan fingerprint density at radius 2 is 2.25 bits per heavy atom. The van der Waals surface area contributed by atoms with E-state index in [0.29, 0.717) is 6.61 Å². The van der Waals surface area contributed by atoms with Gasteiger partial charge in [0.2, 0.25) is 0 Å². The van der Waals surface area contributed by atoms with E-state index in [1.54, 1.807) is 0 Å². The van der Waals surface area contributed by atoms with Gasteiger partial charge in [-0.25, -0.2) is 0 Å². The maximum absolute atomic E-state index is 10.4. The molecule has 0 spiro atoms. The topological polar surface area (TPSA) is 62.9 Å². The Balaban J connectivity index is 1.75. The van der Waals surface area contributed by atoms with Crippen molar-refractivity contribution in [1.29, 1.82) is 0 Å². The second kappa shape index (κ2) is 7.24. The first kappa shape index (κ1) is 15.5. The summed E-state index contributed by atoms with van der Waals surface area (Å²) in [5.41, 5.74) is 0. The second-order valence-electron chi connectivity index (χ2n) is 5.07. The standard InChI is InChI=1S/C14H20BrNO4/c1-10(12-2-3-13(15)20-12)16-7-4-11(5-8-16)19-9-6-14(17)18/h2-3,10-11H,4-9H2,1H3,(H,17,18). The third kappa shape index (κ3) is 4.33. The van der Waals surface area contributed by atoms with Crippen LogP contribution in [-0.4, -0.2) is 41.8 Å². The molecule has 0 aliphatic carbocycles. The molecule has 1 aromatic rings. The molecule has 0 aromatic carbocycles. The first-order chi connectivity index (χ1) is 9.56. The zero-order valence-electron chi connectivity index (χ0n) is 11.5. The van der Waals surface area contributed by atoms with Gasteiger partial charge in [-0.3, -0.25) is 9.69 Å². The number of piperidine rings is 1. The minimum atomic E-state index is -0.806. The highest BCUT2D eigenvalue weighted by atomic mass is 79.9. The average molecular weight is 346 g/mol. The number of carbonyl (C=O) groups is 1. The van der Waals surface area contributed by atoms with Crippen LogP contribution in [0.4, 0.5) is 0 Å². The Kier molecular flexibility index (Phi) is 5.63. The minimum absolute atomic E-state index is 0.0804. The van der Waals surface area contributed by atoms with Crippen molar-refractivity contribution in [2.45, 2.75) is 38.3 Å². The number of furan rings is 1. The Bertz CT molecular complexity index is 440. The van der Waals surface area contributed by atoms with Crippen molar-refractivity contribution in [3.05, 3.63) is 22.6 Å². The molecule has 0 saturated carbocycles. The molecule has 0 bridgehead atoms. The summed E-state index contributed by atoms with van der Waals surface area (Å²) >= 11 is 3.32. The van der Waals surface area contributed by atoms with Crippen molar-refractivity contribution in [3.8, 4) is 0 Å². The third-order valence-corrected chi connectivity index (χ3v) is 4.13. The summed E-state index contributed by atoms with van der Waals surface area (Å²) in [6, 6.07) is 4.15. The molecule has 1 aliphatic rings. The zero-order chi connectivity index (χ0) is 14.5. The molecule has 6 heteroatoms. The van der Waals surface area contributed by atoms with Crippen molar-refractivity contribution in [2.24, 2.45) is 0 Å². The van der Waals surface area contributed by atoms with Gasteiger partial charge >= 0.3 is 5.97 Å². The molecule has 0 amide bonds. The highest BCUT2D eigenvalue weighted by molar-refractivity contribution is 9.10. The van der Waals surface area contributed by atoms with E-state index in [2.05, 4.69) is 27.8 Å². The van der Waals surface area contributed by atoms with Crippen molar-refractivity contribution >= 4 is 21.9 Å². The van der Waals surface area contributed by atoms with E-state index in [1.165, 1.54) is 0 Å². The molecule has 2 rings (SSSR count). The average Bonchev–Trinajstić information content (AvgIpc) is 2.85. The first-order valence-electron chi connectivity index (χ1n) is 6.89. The van der Waals surface area contributed by atoms with Gasteiger partial charge in [-0.2, -0.15) is 0 Å². The molecule has 1 aliphatic heterocycles. The molecule has 1 atom stereocenters. The highest BCUT2D eigenvalue weighted by Gasteiger charge is 2.25. The number of halogens is 1. The zero-order valence-corrected chi connectivity index (χ0v) is 13.1. The lowest BCUT2D eigenvalue weighted by Crippen LogP contribution is -2.38. The molecular formula is C14H20BrNO4. The van der Waals surface area contributed by atoms with Crippen LogP contribution < -0.4 is 0 Å². The SMILES string of the molecule is CC(c1ccc(Br)o1)N1CCC(OCCC(=O)O)CC1. The number of carboxylic acid groups (broad SMARTS) is 1. The van der Waals surface area contributed by atoms with Gasteiger partial charge in [-0.05, 0) is 47.8 Å². The number of hydrogen-bond acceptors (Lipinski definition) is 4. The largest absolute Gasteiger partial charge is 0.481 e. The summed E-state index contributed by atoms with van der Waals surface area (Å²) in [5.74, 6) is 0.154. The van der Waals surface area contributed by atoms with Gasteiger partial charge in [0.05, 0.1) is 25.2 Å². The molecule has 112 valence electrons. The summed E-state index contributed by atoms with van der Waals surface area (Å²) in [6.07, 6.45) is 2.13. The predicted molar refractivity (Wildman–Crippen MR) is 77.6 cm³/mol. The number of aliphatic carboxylic acids is 1. The lowest BCUT2D eigenvalue weighted by Gasteiger charge is -2.35. The van der Waals surface area contributed by atoms with Gasteiger partial charge in [0.15, 0.2) is 4.67 Å². The van der Waals surface area contributed by atoms with Crippen LogP contribution in [0.2, 0.25) is 0 Å². The number of rotatable bonds is 6. The smallest absolute Gasteiger partial charge is 0.305 e. The van der Waals surface area contributed by atoms with E-state index in [0.717, 1.165) is 36.4 Å². The Hall–Kier alpha value is -0.850. The molecule has 5 nitrogen and oxygen atoms in total. The molecule has 1 unspecified atom stereocenters. The number of nitrogens with zero attached hydrogens (tertiary/aromatic N) is 1. The molecule has 1 N–H and O–H groups in total. The Morgan fingerprint density at radius 1 is 1.55 bits per heavy atom. The Morgan fingerprint density at radius 3 is 2.80 bits per heavy atom. The molecular weight excluding hydrogens is 326 g/mol. The normalized spacial score (nSPS) is 19.1. The number of ether oxygens (including phenoxy) is 1. The quantitative estimate of drug-likeness (QED) is 0.858. The van der Waals surface area contributed by atoms with Crippen LogP contribution in [0.1, 0.15) is 38.0 Å². The number of hydrogen-bond donors (Lipinski definition) is 1. The van der Waals surface area contributed by atoms with Crippen LogP contribution in [0, 0.1) is 0 Å².